The first-order chi connectivity index (χ1) is 9.33. The van der Waals surface area contributed by atoms with E-state index >= 15 is 0 Å². The van der Waals surface area contributed by atoms with Gasteiger partial charge >= 0.3 is 0 Å². The predicted octanol–water partition coefficient (Wildman–Crippen LogP) is 2.99. The van der Waals surface area contributed by atoms with Crippen LogP contribution in [-0.2, 0) is 0 Å². The van der Waals surface area contributed by atoms with Gasteiger partial charge in [0.25, 0.3) is 0 Å². The van der Waals surface area contributed by atoms with Crippen molar-refractivity contribution in [1.29, 1.82) is 0 Å². The molecule has 0 spiro atoms. The molecule has 1 aliphatic rings. The highest BCUT2D eigenvalue weighted by Crippen LogP contribution is 2.31. The monoisotopic (exact) mass is 254 g/mol. The van der Waals surface area contributed by atoms with E-state index in [9.17, 15) is 0 Å². The summed E-state index contributed by atoms with van der Waals surface area (Å²) in [7, 11) is 2.18. The number of pyridine rings is 2. The van der Waals surface area contributed by atoms with E-state index in [1.807, 2.05) is 24.4 Å². The summed E-state index contributed by atoms with van der Waals surface area (Å²) in [6.07, 6.45) is 6.14. The Hall–Kier alpha value is -1.94. The minimum absolute atomic E-state index is 0.521. The molecular formula is C15H18N4. The van der Waals surface area contributed by atoms with Gasteiger partial charge in [-0.05, 0) is 56.3 Å². The lowest BCUT2D eigenvalue weighted by molar-refractivity contribution is 0.317. The number of aromatic nitrogens is 2. The molecule has 3 heterocycles. The highest BCUT2D eigenvalue weighted by Gasteiger charge is 2.22. The van der Waals surface area contributed by atoms with E-state index in [2.05, 4.69) is 39.4 Å². The number of likely N-dealkylation sites (tertiary alicyclic amines) is 1. The molecule has 1 unspecified atom stereocenters. The minimum Gasteiger partial charge on any atom is -0.325 e. The Morgan fingerprint density at radius 3 is 2.79 bits per heavy atom. The Labute approximate surface area is 113 Å². The Kier molecular flexibility index (Phi) is 3.42. The molecule has 98 valence electrons. The van der Waals surface area contributed by atoms with Gasteiger partial charge in [0.15, 0.2) is 0 Å². The lowest BCUT2D eigenvalue weighted by Gasteiger charge is -2.20. The Balaban J connectivity index is 1.80. The molecule has 0 amide bonds. The van der Waals surface area contributed by atoms with Crippen LogP contribution in [0.15, 0.2) is 42.7 Å². The summed E-state index contributed by atoms with van der Waals surface area (Å²) in [5, 5.41) is 3.24. The molecule has 0 aromatic carbocycles. The van der Waals surface area contributed by atoms with Crippen LogP contribution < -0.4 is 5.32 Å². The topological polar surface area (TPSA) is 41.1 Å². The van der Waals surface area contributed by atoms with Gasteiger partial charge in [-0.2, -0.15) is 0 Å². The fourth-order valence-corrected chi connectivity index (χ4v) is 2.62. The van der Waals surface area contributed by atoms with Crippen molar-refractivity contribution in [1.82, 2.24) is 14.9 Å². The third-order valence-electron chi connectivity index (χ3n) is 3.61. The lowest BCUT2D eigenvalue weighted by Crippen LogP contribution is -2.17. The highest BCUT2D eigenvalue weighted by molar-refractivity contribution is 5.52. The fraction of sp³-hybridized carbons (Fsp3) is 0.333. The van der Waals surface area contributed by atoms with Gasteiger partial charge in [0, 0.05) is 18.4 Å². The molecule has 0 saturated carbocycles. The summed E-state index contributed by atoms with van der Waals surface area (Å²) in [6, 6.07) is 10.6. The molecule has 1 saturated heterocycles. The van der Waals surface area contributed by atoms with Gasteiger partial charge in [0.05, 0.1) is 0 Å². The lowest BCUT2D eigenvalue weighted by atomic mass is 10.1. The second-order valence-corrected chi connectivity index (χ2v) is 4.95. The second-order valence-electron chi connectivity index (χ2n) is 4.95. The van der Waals surface area contributed by atoms with Gasteiger partial charge in [0.2, 0.25) is 0 Å². The van der Waals surface area contributed by atoms with Crippen LogP contribution in [0.5, 0.6) is 0 Å². The van der Waals surface area contributed by atoms with E-state index in [4.69, 9.17) is 0 Å². The molecule has 2 aromatic heterocycles. The first-order valence-corrected chi connectivity index (χ1v) is 6.67. The van der Waals surface area contributed by atoms with Crippen molar-refractivity contribution in [3.05, 3.63) is 48.3 Å². The zero-order chi connectivity index (χ0) is 13.1. The standard InChI is InChI=1S/C15H18N4/c1-19-10-4-5-13(19)12-7-9-17-15(11-12)18-14-6-2-3-8-16-14/h2-3,6-9,11,13H,4-5,10H2,1H3,(H,16,17,18). The van der Waals surface area contributed by atoms with Crippen LogP contribution in [0.4, 0.5) is 11.6 Å². The van der Waals surface area contributed by atoms with Crippen molar-refractivity contribution in [2.75, 3.05) is 18.9 Å². The Bertz CT molecular complexity index is 541. The molecule has 0 bridgehead atoms. The van der Waals surface area contributed by atoms with E-state index in [1.165, 1.54) is 24.9 Å². The summed E-state index contributed by atoms with van der Waals surface area (Å²) >= 11 is 0. The average molecular weight is 254 g/mol. The van der Waals surface area contributed by atoms with Crippen LogP contribution in [0.3, 0.4) is 0 Å². The van der Waals surface area contributed by atoms with E-state index < -0.39 is 0 Å². The quantitative estimate of drug-likeness (QED) is 0.914. The largest absolute Gasteiger partial charge is 0.325 e. The number of hydrogen-bond donors (Lipinski definition) is 1. The summed E-state index contributed by atoms with van der Waals surface area (Å²) in [5.41, 5.74) is 1.33. The third kappa shape index (κ3) is 2.74. The fourth-order valence-electron chi connectivity index (χ4n) is 2.62. The zero-order valence-electron chi connectivity index (χ0n) is 11.1. The average Bonchev–Trinajstić information content (AvgIpc) is 2.86. The molecule has 1 N–H and O–H groups in total. The van der Waals surface area contributed by atoms with Crippen molar-refractivity contribution >= 4 is 11.6 Å². The van der Waals surface area contributed by atoms with Gasteiger partial charge in [-0.3, -0.25) is 4.90 Å². The molecule has 4 heteroatoms. The van der Waals surface area contributed by atoms with Crippen molar-refractivity contribution in [3.63, 3.8) is 0 Å². The maximum absolute atomic E-state index is 4.36. The molecule has 3 rings (SSSR count). The number of anilines is 2. The van der Waals surface area contributed by atoms with Gasteiger partial charge in [-0.1, -0.05) is 6.07 Å². The number of hydrogen-bond acceptors (Lipinski definition) is 4. The van der Waals surface area contributed by atoms with Gasteiger partial charge in [-0.15, -0.1) is 0 Å². The van der Waals surface area contributed by atoms with Gasteiger partial charge in [-0.25, -0.2) is 9.97 Å². The van der Waals surface area contributed by atoms with Crippen LogP contribution in [-0.4, -0.2) is 28.5 Å². The van der Waals surface area contributed by atoms with Crippen LogP contribution >= 0.6 is 0 Å². The van der Waals surface area contributed by atoms with Gasteiger partial charge < -0.3 is 5.32 Å². The molecule has 1 aliphatic heterocycles. The summed E-state index contributed by atoms with van der Waals surface area (Å²) in [5.74, 6) is 1.68. The first-order valence-electron chi connectivity index (χ1n) is 6.67. The van der Waals surface area contributed by atoms with Crippen LogP contribution in [0, 0.1) is 0 Å². The normalized spacial score (nSPS) is 19.5. The van der Waals surface area contributed by atoms with Crippen molar-refractivity contribution in [2.24, 2.45) is 0 Å². The smallest absolute Gasteiger partial charge is 0.131 e. The molecule has 2 aromatic rings. The van der Waals surface area contributed by atoms with E-state index in [1.54, 1.807) is 6.20 Å². The number of rotatable bonds is 3. The molecule has 19 heavy (non-hydrogen) atoms. The molecule has 0 radical (unpaired) electrons. The third-order valence-corrected chi connectivity index (χ3v) is 3.61. The maximum atomic E-state index is 4.36. The first kappa shape index (κ1) is 12.1. The van der Waals surface area contributed by atoms with Crippen LogP contribution in [0.2, 0.25) is 0 Å². The number of nitrogens with zero attached hydrogens (tertiary/aromatic N) is 3. The summed E-state index contributed by atoms with van der Waals surface area (Å²) < 4.78 is 0. The minimum atomic E-state index is 0.521. The predicted molar refractivity (Wildman–Crippen MR) is 76.4 cm³/mol. The molecular weight excluding hydrogens is 236 g/mol. The van der Waals surface area contributed by atoms with E-state index in [-0.39, 0.29) is 0 Å². The SMILES string of the molecule is CN1CCCC1c1ccnc(Nc2ccccn2)c1. The number of nitrogens with one attached hydrogen (secondary N) is 1. The van der Waals surface area contributed by atoms with Crippen LogP contribution in [0.1, 0.15) is 24.4 Å². The van der Waals surface area contributed by atoms with Gasteiger partial charge in [0.1, 0.15) is 11.6 Å². The van der Waals surface area contributed by atoms with Crippen molar-refractivity contribution < 1.29 is 0 Å². The highest BCUT2D eigenvalue weighted by atomic mass is 15.1. The maximum Gasteiger partial charge on any atom is 0.131 e. The van der Waals surface area contributed by atoms with E-state index in [0.29, 0.717) is 6.04 Å². The summed E-state index contributed by atoms with van der Waals surface area (Å²) in [6.45, 7) is 1.18. The molecule has 0 aliphatic carbocycles. The van der Waals surface area contributed by atoms with Crippen molar-refractivity contribution in [3.8, 4) is 0 Å². The molecule has 1 atom stereocenters. The molecule has 4 nitrogen and oxygen atoms in total. The molecule has 1 fully saturated rings. The second kappa shape index (κ2) is 5.36. The Morgan fingerprint density at radius 1 is 1.16 bits per heavy atom. The Morgan fingerprint density at radius 2 is 2.05 bits per heavy atom. The van der Waals surface area contributed by atoms with Crippen molar-refractivity contribution in [2.45, 2.75) is 18.9 Å². The van der Waals surface area contributed by atoms with E-state index in [0.717, 1.165) is 11.6 Å². The van der Waals surface area contributed by atoms with Crippen LogP contribution in [0.25, 0.3) is 0 Å². The zero-order valence-corrected chi connectivity index (χ0v) is 11.1. The summed E-state index contributed by atoms with van der Waals surface area (Å²) in [4.78, 5) is 11.0.